The average molecular weight is 250 g/mol. The molecule has 0 bridgehead atoms. The molecule has 1 aromatic rings. The smallest absolute Gasteiger partial charge is 0.257 e. The van der Waals surface area contributed by atoms with Crippen LogP contribution >= 0.6 is 0 Å². The van der Waals surface area contributed by atoms with E-state index in [-0.39, 0.29) is 5.91 Å². The first-order chi connectivity index (χ1) is 8.53. The zero-order valence-electron chi connectivity index (χ0n) is 10.4. The third-order valence-corrected chi connectivity index (χ3v) is 3.30. The number of carbonyl (C=O) groups excluding carboxylic acids is 1. The van der Waals surface area contributed by atoms with E-state index in [0.29, 0.717) is 37.3 Å². The van der Waals surface area contributed by atoms with E-state index in [2.05, 4.69) is 10.4 Å². The third-order valence-electron chi connectivity index (χ3n) is 3.30. The van der Waals surface area contributed by atoms with Gasteiger partial charge in [-0.3, -0.25) is 4.79 Å². The first-order valence-electron chi connectivity index (χ1n) is 5.97. The Hall–Kier alpha value is -1.66. The molecule has 4 N–H and O–H groups in total. The molecule has 0 unspecified atom stereocenters. The SMILES string of the molecule is CC1(O)CCN(C(=O)c2cccnc2NN)CC1. The van der Waals surface area contributed by atoms with E-state index in [1.54, 1.807) is 30.2 Å². The molecule has 2 heterocycles. The molecule has 6 nitrogen and oxygen atoms in total. The Bertz CT molecular complexity index is 437. The number of nitrogens with one attached hydrogen (secondary N) is 1. The lowest BCUT2D eigenvalue weighted by Crippen LogP contribution is -2.45. The van der Waals surface area contributed by atoms with Crippen molar-refractivity contribution in [2.45, 2.75) is 25.4 Å². The molecule has 1 aromatic heterocycles. The number of carbonyl (C=O) groups is 1. The van der Waals surface area contributed by atoms with Gasteiger partial charge in [0, 0.05) is 19.3 Å². The van der Waals surface area contributed by atoms with Crippen LogP contribution in [0.25, 0.3) is 0 Å². The van der Waals surface area contributed by atoms with E-state index in [0.717, 1.165) is 0 Å². The fourth-order valence-electron chi connectivity index (χ4n) is 2.05. The maximum absolute atomic E-state index is 12.3. The number of pyridine rings is 1. The van der Waals surface area contributed by atoms with E-state index in [1.165, 1.54) is 0 Å². The number of nitrogens with zero attached hydrogens (tertiary/aromatic N) is 2. The first-order valence-corrected chi connectivity index (χ1v) is 5.97. The van der Waals surface area contributed by atoms with Gasteiger partial charge in [-0.25, -0.2) is 10.8 Å². The Morgan fingerprint density at radius 2 is 2.22 bits per heavy atom. The maximum Gasteiger partial charge on any atom is 0.257 e. The van der Waals surface area contributed by atoms with E-state index < -0.39 is 5.60 Å². The van der Waals surface area contributed by atoms with Gasteiger partial charge >= 0.3 is 0 Å². The second-order valence-corrected chi connectivity index (χ2v) is 4.83. The fourth-order valence-corrected chi connectivity index (χ4v) is 2.05. The lowest BCUT2D eigenvalue weighted by Gasteiger charge is -2.35. The highest BCUT2D eigenvalue weighted by atomic mass is 16.3. The number of likely N-dealkylation sites (tertiary alicyclic amines) is 1. The third kappa shape index (κ3) is 2.60. The molecule has 1 aliphatic heterocycles. The van der Waals surface area contributed by atoms with Crippen molar-refractivity contribution < 1.29 is 9.90 Å². The number of piperidine rings is 1. The molecule has 18 heavy (non-hydrogen) atoms. The van der Waals surface area contributed by atoms with Gasteiger partial charge in [-0.15, -0.1) is 0 Å². The Morgan fingerprint density at radius 3 is 2.83 bits per heavy atom. The average Bonchev–Trinajstić information content (AvgIpc) is 2.38. The van der Waals surface area contributed by atoms with Gasteiger partial charge in [-0.05, 0) is 31.9 Å². The van der Waals surface area contributed by atoms with Gasteiger partial charge in [0.05, 0.1) is 11.2 Å². The van der Waals surface area contributed by atoms with Gasteiger partial charge in [-0.2, -0.15) is 0 Å². The van der Waals surface area contributed by atoms with E-state index in [1.807, 2.05) is 0 Å². The minimum absolute atomic E-state index is 0.105. The van der Waals surface area contributed by atoms with Crippen molar-refractivity contribution in [3.63, 3.8) is 0 Å². The van der Waals surface area contributed by atoms with Crippen LogP contribution in [0.1, 0.15) is 30.1 Å². The summed E-state index contributed by atoms with van der Waals surface area (Å²) in [4.78, 5) is 18.0. The van der Waals surface area contributed by atoms with Crippen LogP contribution in [0.2, 0.25) is 0 Å². The summed E-state index contributed by atoms with van der Waals surface area (Å²) in [7, 11) is 0. The van der Waals surface area contributed by atoms with Crippen LogP contribution in [-0.4, -0.2) is 39.6 Å². The summed E-state index contributed by atoms with van der Waals surface area (Å²) in [5.41, 5.74) is 2.22. The van der Waals surface area contributed by atoms with E-state index >= 15 is 0 Å². The minimum Gasteiger partial charge on any atom is -0.390 e. The number of nitrogen functional groups attached to an aromatic ring is 1. The second-order valence-electron chi connectivity index (χ2n) is 4.83. The summed E-state index contributed by atoms with van der Waals surface area (Å²) in [5.74, 6) is 5.61. The molecule has 1 aliphatic rings. The van der Waals surface area contributed by atoms with Gasteiger partial charge in [0.1, 0.15) is 0 Å². The predicted octanol–water partition coefficient (Wildman–Crippen LogP) is 0.354. The van der Waals surface area contributed by atoms with Crippen molar-refractivity contribution in [1.29, 1.82) is 0 Å². The fraction of sp³-hybridized carbons (Fsp3) is 0.500. The number of amides is 1. The van der Waals surface area contributed by atoms with Gasteiger partial charge < -0.3 is 15.4 Å². The highest BCUT2D eigenvalue weighted by Gasteiger charge is 2.30. The lowest BCUT2D eigenvalue weighted by molar-refractivity contribution is -0.00200. The van der Waals surface area contributed by atoms with Crippen LogP contribution < -0.4 is 11.3 Å². The molecule has 98 valence electrons. The van der Waals surface area contributed by atoms with Crippen molar-refractivity contribution in [3.05, 3.63) is 23.9 Å². The number of anilines is 1. The summed E-state index contributed by atoms with van der Waals surface area (Å²) in [6.45, 7) is 2.89. The van der Waals surface area contributed by atoms with Crippen LogP contribution in [0.3, 0.4) is 0 Å². The molecule has 0 spiro atoms. The Balaban J connectivity index is 2.13. The summed E-state index contributed by atoms with van der Waals surface area (Å²) in [6.07, 6.45) is 2.75. The van der Waals surface area contributed by atoms with Gasteiger partial charge in [0.2, 0.25) is 0 Å². The number of nitrogens with two attached hydrogens (primary N) is 1. The number of aromatic nitrogens is 1. The maximum atomic E-state index is 12.3. The zero-order chi connectivity index (χ0) is 13.2. The standard InChI is InChI=1S/C12H18N4O2/c1-12(18)4-7-16(8-5-12)11(17)9-3-2-6-14-10(9)15-13/h2-3,6,18H,4-5,7-8,13H2,1H3,(H,14,15). The van der Waals surface area contributed by atoms with E-state index in [9.17, 15) is 9.90 Å². The van der Waals surface area contributed by atoms with Gasteiger partial charge in [0.15, 0.2) is 5.82 Å². The summed E-state index contributed by atoms with van der Waals surface area (Å²) < 4.78 is 0. The highest BCUT2D eigenvalue weighted by molar-refractivity contribution is 5.98. The van der Waals surface area contributed by atoms with Crippen LogP contribution in [0.15, 0.2) is 18.3 Å². The largest absolute Gasteiger partial charge is 0.390 e. The minimum atomic E-state index is -0.666. The summed E-state index contributed by atoms with van der Waals surface area (Å²) in [5, 5.41) is 9.86. The molecule has 0 aromatic carbocycles. The van der Waals surface area contributed by atoms with Gasteiger partial charge in [-0.1, -0.05) is 0 Å². The zero-order valence-corrected chi connectivity index (χ0v) is 10.4. The van der Waals surface area contributed by atoms with Crippen molar-refractivity contribution in [3.8, 4) is 0 Å². The highest BCUT2D eigenvalue weighted by Crippen LogP contribution is 2.23. The molecule has 0 aliphatic carbocycles. The monoisotopic (exact) mass is 250 g/mol. The van der Waals surface area contributed by atoms with Gasteiger partial charge in [0.25, 0.3) is 5.91 Å². The molecule has 6 heteroatoms. The lowest BCUT2D eigenvalue weighted by atomic mass is 9.93. The number of hydrogen-bond donors (Lipinski definition) is 3. The number of hydrazine groups is 1. The molecule has 0 atom stereocenters. The Labute approximate surface area is 106 Å². The number of hydrogen-bond acceptors (Lipinski definition) is 5. The number of aliphatic hydroxyl groups is 1. The van der Waals surface area contributed by atoms with Crippen molar-refractivity contribution in [2.75, 3.05) is 18.5 Å². The Morgan fingerprint density at radius 1 is 1.56 bits per heavy atom. The first kappa shape index (κ1) is 12.8. The molecular weight excluding hydrogens is 232 g/mol. The van der Waals surface area contributed by atoms with Crippen molar-refractivity contribution in [2.24, 2.45) is 5.84 Å². The van der Waals surface area contributed by atoms with Crippen LogP contribution in [-0.2, 0) is 0 Å². The Kier molecular flexibility index (Phi) is 3.49. The van der Waals surface area contributed by atoms with E-state index in [4.69, 9.17) is 5.84 Å². The van der Waals surface area contributed by atoms with Crippen LogP contribution in [0, 0.1) is 0 Å². The molecule has 1 saturated heterocycles. The normalized spacial score (nSPS) is 18.5. The summed E-state index contributed by atoms with van der Waals surface area (Å²) in [6, 6.07) is 3.39. The molecular formula is C12H18N4O2. The molecule has 1 fully saturated rings. The molecule has 1 amide bonds. The van der Waals surface area contributed by atoms with Crippen LogP contribution in [0.5, 0.6) is 0 Å². The summed E-state index contributed by atoms with van der Waals surface area (Å²) >= 11 is 0. The molecule has 0 saturated carbocycles. The second kappa shape index (κ2) is 4.91. The van der Waals surface area contributed by atoms with Crippen LogP contribution in [0.4, 0.5) is 5.82 Å². The predicted molar refractivity (Wildman–Crippen MR) is 67.8 cm³/mol. The van der Waals surface area contributed by atoms with Crippen molar-refractivity contribution in [1.82, 2.24) is 9.88 Å². The van der Waals surface area contributed by atoms with Crippen molar-refractivity contribution >= 4 is 11.7 Å². The quantitative estimate of drug-likeness (QED) is 0.520. The molecule has 2 rings (SSSR count). The topological polar surface area (TPSA) is 91.5 Å². The number of rotatable bonds is 2. The molecule has 0 radical (unpaired) electrons.